The first-order chi connectivity index (χ1) is 13.3. The molecule has 0 amide bonds. The molecule has 1 aliphatic heterocycles. The number of aromatic nitrogens is 2. The number of halogens is 1. The molecule has 1 fully saturated rings. The number of hydrogen-bond donors (Lipinski definition) is 0. The van der Waals surface area contributed by atoms with Crippen molar-refractivity contribution in [1.29, 1.82) is 0 Å². The molecule has 2 heterocycles. The number of piperidine rings is 1. The van der Waals surface area contributed by atoms with Crippen LogP contribution in [0.15, 0.2) is 33.7 Å². The highest BCUT2D eigenvalue weighted by atomic mass is 32.2. The van der Waals surface area contributed by atoms with E-state index in [0.29, 0.717) is 56.6 Å². The van der Waals surface area contributed by atoms with Crippen LogP contribution in [0.2, 0.25) is 0 Å². The Morgan fingerprint density at radius 1 is 1.32 bits per heavy atom. The second-order valence-electron chi connectivity index (χ2n) is 7.38. The van der Waals surface area contributed by atoms with Crippen LogP contribution in [0.25, 0.3) is 0 Å². The molecule has 7 nitrogen and oxygen atoms in total. The molecule has 0 saturated carbocycles. The van der Waals surface area contributed by atoms with Crippen LogP contribution in [0.1, 0.15) is 38.4 Å². The van der Waals surface area contributed by atoms with E-state index >= 15 is 0 Å². The Morgan fingerprint density at radius 3 is 2.75 bits per heavy atom. The average molecular weight is 411 g/mol. The summed E-state index contributed by atoms with van der Waals surface area (Å²) in [5.74, 6) is 1.17. The van der Waals surface area contributed by atoms with Gasteiger partial charge < -0.3 is 9.26 Å². The molecule has 1 saturated heterocycles. The SMILES string of the molecule is CC(C)Cc1nc(CCOC2CCN(S(=O)(=O)c3cccc(F)c3)CC2)no1. The van der Waals surface area contributed by atoms with Gasteiger partial charge >= 0.3 is 0 Å². The molecule has 0 spiro atoms. The zero-order chi connectivity index (χ0) is 20.1. The molecule has 1 aromatic carbocycles. The predicted molar refractivity (Wildman–Crippen MR) is 101 cm³/mol. The number of ether oxygens (including phenoxy) is 1. The fourth-order valence-corrected chi connectivity index (χ4v) is 4.66. The summed E-state index contributed by atoms with van der Waals surface area (Å²) in [6.07, 6.45) is 2.50. The summed E-state index contributed by atoms with van der Waals surface area (Å²) in [6.45, 7) is 5.35. The highest BCUT2D eigenvalue weighted by Gasteiger charge is 2.30. The van der Waals surface area contributed by atoms with E-state index in [2.05, 4.69) is 24.0 Å². The van der Waals surface area contributed by atoms with Gasteiger partial charge in [-0.15, -0.1) is 0 Å². The van der Waals surface area contributed by atoms with Gasteiger partial charge in [-0.25, -0.2) is 12.8 Å². The third-order valence-electron chi connectivity index (χ3n) is 4.61. The lowest BCUT2D eigenvalue weighted by Gasteiger charge is -2.31. The molecule has 3 rings (SSSR count). The molecule has 0 aliphatic carbocycles. The van der Waals surface area contributed by atoms with Crippen LogP contribution in [-0.2, 0) is 27.6 Å². The first-order valence-electron chi connectivity index (χ1n) is 9.53. The number of rotatable bonds is 8. The van der Waals surface area contributed by atoms with Crippen molar-refractivity contribution in [1.82, 2.24) is 14.4 Å². The quantitative estimate of drug-likeness (QED) is 0.664. The van der Waals surface area contributed by atoms with E-state index in [1.165, 1.54) is 22.5 Å². The van der Waals surface area contributed by atoms with Crippen molar-refractivity contribution >= 4 is 10.0 Å². The van der Waals surface area contributed by atoms with E-state index in [1.54, 1.807) is 0 Å². The van der Waals surface area contributed by atoms with Crippen LogP contribution in [0.5, 0.6) is 0 Å². The van der Waals surface area contributed by atoms with Gasteiger partial charge in [0.1, 0.15) is 5.82 Å². The fraction of sp³-hybridized carbons (Fsp3) is 0.579. The smallest absolute Gasteiger partial charge is 0.243 e. The molecule has 1 aliphatic rings. The van der Waals surface area contributed by atoms with E-state index in [4.69, 9.17) is 9.26 Å². The van der Waals surface area contributed by atoms with Gasteiger partial charge in [0.05, 0.1) is 17.6 Å². The van der Waals surface area contributed by atoms with Crippen LogP contribution in [0.3, 0.4) is 0 Å². The van der Waals surface area contributed by atoms with Crippen molar-refractivity contribution < 1.29 is 22.1 Å². The molecule has 0 bridgehead atoms. The number of benzene rings is 1. The molecule has 2 aromatic rings. The van der Waals surface area contributed by atoms with Crippen molar-refractivity contribution in [2.24, 2.45) is 5.92 Å². The van der Waals surface area contributed by atoms with Crippen LogP contribution in [-0.4, -0.2) is 48.7 Å². The summed E-state index contributed by atoms with van der Waals surface area (Å²) < 4.78 is 51.0. The summed E-state index contributed by atoms with van der Waals surface area (Å²) in [7, 11) is -3.67. The molecule has 0 radical (unpaired) electrons. The van der Waals surface area contributed by atoms with E-state index in [0.717, 1.165) is 12.5 Å². The van der Waals surface area contributed by atoms with E-state index in [1.807, 2.05) is 0 Å². The van der Waals surface area contributed by atoms with E-state index in [-0.39, 0.29) is 11.0 Å². The third kappa shape index (κ3) is 5.36. The number of nitrogens with zero attached hydrogens (tertiary/aromatic N) is 3. The van der Waals surface area contributed by atoms with Crippen molar-refractivity contribution in [3.63, 3.8) is 0 Å². The minimum atomic E-state index is -3.67. The maximum absolute atomic E-state index is 13.3. The lowest BCUT2D eigenvalue weighted by molar-refractivity contribution is 0.0222. The molecule has 1 aromatic heterocycles. The first kappa shape index (κ1) is 20.9. The molecule has 0 atom stereocenters. The monoisotopic (exact) mass is 411 g/mol. The Morgan fingerprint density at radius 2 is 2.07 bits per heavy atom. The lowest BCUT2D eigenvalue weighted by Crippen LogP contribution is -2.41. The summed E-state index contributed by atoms with van der Waals surface area (Å²) in [4.78, 5) is 4.33. The van der Waals surface area contributed by atoms with Crippen molar-refractivity contribution in [3.8, 4) is 0 Å². The maximum atomic E-state index is 13.3. The minimum absolute atomic E-state index is 0.0128. The first-order valence-corrected chi connectivity index (χ1v) is 11.0. The fourth-order valence-electron chi connectivity index (χ4n) is 3.16. The van der Waals surface area contributed by atoms with Gasteiger partial charge in [-0.2, -0.15) is 9.29 Å². The lowest BCUT2D eigenvalue weighted by atomic mass is 10.1. The Kier molecular flexibility index (Phi) is 6.79. The maximum Gasteiger partial charge on any atom is 0.243 e. The van der Waals surface area contributed by atoms with Gasteiger partial charge in [-0.1, -0.05) is 25.1 Å². The van der Waals surface area contributed by atoms with Gasteiger partial charge in [0.15, 0.2) is 5.82 Å². The second-order valence-corrected chi connectivity index (χ2v) is 9.32. The number of sulfonamides is 1. The van der Waals surface area contributed by atoms with Gasteiger partial charge in [0.25, 0.3) is 0 Å². The number of hydrogen-bond acceptors (Lipinski definition) is 6. The van der Waals surface area contributed by atoms with Crippen LogP contribution in [0, 0.1) is 11.7 Å². The largest absolute Gasteiger partial charge is 0.378 e. The highest BCUT2D eigenvalue weighted by Crippen LogP contribution is 2.22. The van der Waals surface area contributed by atoms with Gasteiger partial charge in [-0.3, -0.25) is 0 Å². The molecular weight excluding hydrogens is 385 g/mol. The summed E-state index contributed by atoms with van der Waals surface area (Å²) >= 11 is 0. The summed E-state index contributed by atoms with van der Waals surface area (Å²) in [6, 6.07) is 5.10. The third-order valence-corrected chi connectivity index (χ3v) is 6.50. The molecular formula is C19H26FN3O4S. The molecule has 0 N–H and O–H groups in total. The second kappa shape index (κ2) is 9.11. The average Bonchev–Trinajstić information content (AvgIpc) is 3.08. The van der Waals surface area contributed by atoms with Crippen molar-refractivity contribution in [3.05, 3.63) is 41.8 Å². The highest BCUT2D eigenvalue weighted by molar-refractivity contribution is 7.89. The van der Waals surface area contributed by atoms with Crippen molar-refractivity contribution in [2.75, 3.05) is 19.7 Å². The standard InChI is InChI=1S/C19H26FN3O4S/c1-14(2)12-19-21-18(22-27-19)8-11-26-16-6-9-23(10-7-16)28(24,25)17-5-3-4-15(20)13-17/h3-5,13-14,16H,6-12H2,1-2H3. The van der Waals surface area contributed by atoms with Crippen LogP contribution >= 0.6 is 0 Å². The van der Waals surface area contributed by atoms with Gasteiger partial charge in [0.2, 0.25) is 15.9 Å². The van der Waals surface area contributed by atoms with Crippen LogP contribution in [0.4, 0.5) is 4.39 Å². The molecule has 28 heavy (non-hydrogen) atoms. The van der Waals surface area contributed by atoms with Gasteiger partial charge in [-0.05, 0) is 37.0 Å². The van der Waals surface area contributed by atoms with Crippen molar-refractivity contribution in [2.45, 2.75) is 50.5 Å². The minimum Gasteiger partial charge on any atom is -0.378 e. The molecule has 154 valence electrons. The molecule has 0 unspecified atom stereocenters. The Labute approximate surface area is 164 Å². The zero-order valence-corrected chi connectivity index (χ0v) is 17.0. The Hall–Kier alpha value is -1.84. The van der Waals surface area contributed by atoms with E-state index in [9.17, 15) is 12.8 Å². The molecule has 9 heteroatoms. The van der Waals surface area contributed by atoms with Gasteiger partial charge in [0, 0.05) is 25.9 Å². The topological polar surface area (TPSA) is 85.5 Å². The normalized spacial score (nSPS) is 16.7. The Balaban J connectivity index is 1.45. The predicted octanol–water partition coefficient (Wildman–Crippen LogP) is 2.82. The Bertz CT molecular complexity index is 877. The van der Waals surface area contributed by atoms with Crippen LogP contribution < -0.4 is 0 Å². The summed E-state index contributed by atoms with van der Waals surface area (Å²) in [5.41, 5.74) is 0. The van der Waals surface area contributed by atoms with E-state index < -0.39 is 15.8 Å². The summed E-state index contributed by atoms with van der Waals surface area (Å²) in [5, 5.41) is 3.95. The zero-order valence-electron chi connectivity index (χ0n) is 16.2.